The average Bonchev–Trinajstić information content (AvgIpc) is 2.77. The van der Waals surface area contributed by atoms with Crippen molar-refractivity contribution in [2.24, 2.45) is 5.92 Å². The standard InChI is InChI=1S/C7H10N4O/c12-7(5-1-2-8-3-5)6-4-9-11-10-6/h4-5,8H,1-3H2,(H,9,10,11). The van der Waals surface area contributed by atoms with Crippen molar-refractivity contribution in [1.29, 1.82) is 0 Å². The first kappa shape index (κ1) is 7.42. The quantitative estimate of drug-likeness (QED) is 0.586. The van der Waals surface area contributed by atoms with Crippen LogP contribution in [0.25, 0.3) is 0 Å². The van der Waals surface area contributed by atoms with Crippen LogP contribution in [0.3, 0.4) is 0 Å². The Labute approximate surface area is 69.5 Å². The number of H-pyrrole nitrogens is 1. The molecule has 1 saturated heterocycles. The number of carbonyl (C=O) groups excluding carboxylic acids is 1. The fraction of sp³-hybridized carbons (Fsp3) is 0.571. The van der Waals surface area contributed by atoms with Crippen LogP contribution in [-0.2, 0) is 0 Å². The van der Waals surface area contributed by atoms with Crippen LogP contribution in [0.5, 0.6) is 0 Å². The number of nitrogens with one attached hydrogen (secondary N) is 2. The molecule has 1 atom stereocenters. The molecule has 5 nitrogen and oxygen atoms in total. The van der Waals surface area contributed by atoms with Gasteiger partial charge in [0.2, 0.25) is 0 Å². The molecule has 64 valence electrons. The molecule has 1 unspecified atom stereocenters. The van der Waals surface area contributed by atoms with Gasteiger partial charge < -0.3 is 5.32 Å². The fourth-order valence-electron chi connectivity index (χ4n) is 1.41. The normalized spacial score (nSPS) is 22.8. The van der Waals surface area contributed by atoms with Gasteiger partial charge >= 0.3 is 0 Å². The molecular formula is C7H10N4O. The molecule has 0 spiro atoms. The lowest BCUT2D eigenvalue weighted by Gasteiger charge is -2.01. The summed E-state index contributed by atoms with van der Waals surface area (Å²) < 4.78 is 0. The van der Waals surface area contributed by atoms with Gasteiger partial charge in [0.05, 0.1) is 6.20 Å². The monoisotopic (exact) mass is 166 g/mol. The molecule has 12 heavy (non-hydrogen) atoms. The van der Waals surface area contributed by atoms with Crippen LogP contribution in [0.1, 0.15) is 16.9 Å². The summed E-state index contributed by atoms with van der Waals surface area (Å²) in [6.45, 7) is 1.69. The van der Waals surface area contributed by atoms with Crippen LogP contribution in [0.2, 0.25) is 0 Å². The van der Waals surface area contributed by atoms with Crippen LogP contribution in [0, 0.1) is 5.92 Å². The largest absolute Gasteiger partial charge is 0.316 e. The van der Waals surface area contributed by atoms with Crippen molar-refractivity contribution in [3.63, 3.8) is 0 Å². The summed E-state index contributed by atoms with van der Waals surface area (Å²) in [7, 11) is 0. The number of ketones is 1. The van der Waals surface area contributed by atoms with Crippen LogP contribution in [-0.4, -0.2) is 34.3 Å². The molecular weight excluding hydrogens is 156 g/mol. The highest BCUT2D eigenvalue weighted by molar-refractivity contribution is 5.96. The molecule has 2 heterocycles. The van der Waals surface area contributed by atoms with Gasteiger partial charge in [-0.15, -0.1) is 0 Å². The summed E-state index contributed by atoms with van der Waals surface area (Å²) in [4.78, 5) is 11.5. The Morgan fingerprint density at radius 3 is 3.17 bits per heavy atom. The predicted octanol–water partition coefficient (Wildman–Crippen LogP) is -0.403. The Bertz CT molecular complexity index is 263. The van der Waals surface area contributed by atoms with Crippen LogP contribution < -0.4 is 5.32 Å². The van der Waals surface area contributed by atoms with Gasteiger partial charge in [-0.05, 0) is 13.0 Å². The first-order valence-corrected chi connectivity index (χ1v) is 3.98. The maximum absolute atomic E-state index is 11.5. The third kappa shape index (κ3) is 1.23. The maximum atomic E-state index is 11.5. The minimum atomic E-state index is 0.0914. The number of nitrogens with zero attached hydrogens (tertiary/aromatic N) is 2. The number of rotatable bonds is 2. The SMILES string of the molecule is O=C(c1cn[nH]n1)C1CCNC1. The van der Waals surface area contributed by atoms with E-state index in [2.05, 4.69) is 20.7 Å². The zero-order valence-corrected chi connectivity index (χ0v) is 6.58. The smallest absolute Gasteiger partial charge is 0.189 e. The van der Waals surface area contributed by atoms with E-state index in [-0.39, 0.29) is 11.7 Å². The zero-order valence-electron chi connectivity index (χ0n) is 6.58. The summed E-state index contributed by atoms with van der Waals surface area (Å²) in [5.74, 6) is 0.184. The molecule has 1 fully saturated rings. The van der Waals surface area contributed by atoms with E-state index in [1.165, 1.54) is 6.20 Å². The first-order valence-electron chi connectivity index (χ1n) is 3.98. The van der Waals surface area contributed by atoms with E-state index in [0.29, 0.717) is 5.69 Å². The third-order valence-electron chi connectivity index (χ3n) is 2.10. The molecule has 0 amide bonds. The number of aromatic nitrogens is 3. The van der Waals surface area contributed by atoms with Crippen molar-refractivity contribution in [3.8, 4) is 0 Å². The van der Waals surface area contributed by atoms with Crippen LogP contribution >= 0.6 is 0 Å². The summed E-state index contributed by atoms with van der Waals surface area (Å²) >= 11 is 0. The topological polar surface area (TPSA) is 70.7 Å². The highest BCUT2D eigenvalue weighted by Crippen LogP contribution is 2.12. The average molecular weight is 166 g/mol. The molecule has 0 aromatic carbocycles. The van der Waals surface area contributed by atoms with Gasteiger partial charge in [-0.3, -0.25) is 4.79 Å². The summed E-state index contributed by atoms with van der Waals surface area (Å²) in [6, 6.07) is 0. The molecule has 1 aliphatic rings. The molecule has 0 aliphatic carbocycles. The van der Waals surface area contributed by atoms with Gasteiger partial charge in [0.25, 0.3) is 0 Å². The lowest BCUT2D eigenvalue weighted by molar-refractivity contribution is 0.0925. The molecule has 0 saturated carbocycles. The number of Topliss-reactive ketones (excluding diaryl/α,β-unsaturated/α-hetero) is 1. The van der Waals surface area contributed by atoms with E-state index in [1.807, 2.05) is 0 Å². The Kier molecular flexibility index (Phi) is 1.87. The molecule has 2 N–H and O–H groups in total. The lowest BCUT2D eigenvalue weighted by atomic mass is 10.0. The first-order chi connectivity index (χ1) is 5.88. The Morgan fingerprint density at radius 2 is 2.58 bits per heavy atom. The maximum Gasteiger partial charge on any atom is 0.189 e. The van der Waals surface area contributed by atoms with E-state index in [4.69, 9.17) is 0 Å². The lowest BCUT2D eigenvalue weighted by Crippen LogP contribution is -2.18. The Balaban J connectivity index is 2.09. The number of aromatic amines is 1. The Morgan fingerprint density at radius 1 is 1.67 bits per heavy atom. The van der Waals surface area contributed by atoms with Gasteiger partial charge in [0, 0.05) is 12.5 Å². The fourth-order valence-corrected chi connectivity index (χ4v) is 1.41. The Hall–Kier alpha value is -1.23. The highest BCUT2D eigenvalue weighted by atomic mass is 16.1. The molecule has 1 aromatic rings. The number of hydrogen-bond donors (Lipinski definition) is 2. The van der Waals surface area contributed by atoms with Crippen molar-refractivity contribution in [3.05, 3.63) is 11.9 Å². The van der Waals surface area contributed by atoms with E-state index < -0.39 is 0 Å². The summed E-state index contributed by atoms with van der Waals surface area (Å²) in [6.07, 6.45) is 2.38. The highest BCUT2D eigenvalue weighted by Gasteiger charge is 2.24. The molecule has 0 bridgehead atoms. The van der Waals surface area contributed by atoms with Gasteiger partial charge in [-0.1, -0.05) is 0 Å². The van der Waals surface area contributed by atoms with E-state index >= 15 is 0 Å². The second kappa shape index (κ2) is 3.02. The number of carbonyl (C=O) groups is 1. The van der Waals surface area contributed by atoms with E-state index in [1.54, 1.807) is 0 Å². The second-order valence-corrected chi connectivity index (χ2v) is 2.91. The molecule has 2 rings (SSSR count). The van der Waals surface area contributed by atoms with Crippen molar-refractivity contribution in [2.75, 3.05) is 13.1 Å². The molecule has 0 radical (unpaired) electrons. The van der Waals surface area contributed by atoms with Gasteiger partial charge in [-0.2, -0.15) is 15.4 Å². The molecule has 1 aliphatic heterocycles. The summed E-state index contributed by atoms with van der Waals surface area (Å²) in [5, 5.41) is 12.9. The van der Waals surface area contributed by atoms with Crippen LogP contribution in [0.4, 0.5) is 0 Å². The van der Waals surface area contributed by atoms with Crippen LogP contribution in [0.15, 0.2) is 6.20 Å². The predicted molar refractivity (Wildman–Crippen MR) is 41.7 cm³/mol. The van der Waals surface area contributed by atoms with Gasteiger partial charge in [0.1, 0.15) is 5.69 Å². The summed E-state index contributed by atoms with van der Waals surface area (Å²) in [5.41, 5.74) is 0.448. The minimum absolute atomic E-state index is 0.0914. The third-order valence-corrected chi connectivity index (χ3v) is 2.10. The van der Waals surface area contributed by atoms with Crippen molar-refractivity contribution < 1.29 is 4.79 Å². The van der Waals surface area contributed by atoms with Crippen molar-refractivity contribution in [2.45, 2.75) is 6.42 Å². The van der Waals surface area contributed by atoms with E-state index in [9.17, 15) is 4.79 Å². The molecule has 5 heteroatoms. The minimum Gasteiger partial charge on any atom is -0.316 e. The van der Waals surface area contributed by atoms with Crippen molar-refractivity contribution in [1.82, 2.24) is 20.7 Å². The van der Waals surface area contributed by atoms with Gasteiger partial charge in [-0.25, -0.2) is 0 Å². The van der Waals surface area contributed by atoms with E-state index in [0.717, 1.165) is 19.5 Å². The zero-order chi connectivity index (χ0) is 8.39. The second-order valence-electron chi connectivity index (χ2n) is 2.91. The molecule has 1 aromatic heterocycles. The number of hydrogen-bond acceptors (Lipinski definition) is 4. The van der Waals surface area contributed by atoms with Crippen molar-refractivity contribution >= 4 is 5.78 Å². The van der Waals surface area contributed by atoms with Gasteiger partial charge in [0.15, 0.2) is 5.78 Å².